The van der Waals surface area contributed by atoms with Gasteiger partial charge in [0.2, 0.25) is 16.9 Å². The average molecular weight is 470 g/mol. The molecule has 0 atom stereocenters. The van der Waals surface area contributed by atoms with Gasteiger partial charge in [0, 0.05) is 15.6 Å². The molecule has 0 aliphatic rings. The smallest absolute Gasteiger partial charge is 0.254 e. The zero-order valence-corrected chi connectivity index (χ0v) is 18.1. The van der Waals surface area contributed by atoms with Gasteiger partial charge in [0.05, 0.1) is 14.2 Å². The van der Waals surface area contributed by atoms with Gasteiger partial charge in [-0.1, -0.05) is 23.2 Å². The van der Waals surface area contributed by atoms with Gasteiger partial charge in [-0.05, 0) is 59.6 Å². The highest BCUT2D eigenvalue weighted by atomic mass is 35.5. The summed E-state index contributed by atoms with van der Waals surface area (Å²) in [4.78, 5) is 10.9. The van der Waals surface area contributed by atoms with Crippen molar-refractivity contribution in [2.75, 3.05) is 14.2 Å². The molecule has 7 nitrogen and oxygen atoms in total. The predicted octanol–water partition coefficient (Wildman–Crippen LogP) is 5.42. The molecule has 30 heavy (non-hydrogen) atoms. The molecule has 0 unspecified atom stereocenters. The molecule has 0 fully saturated rings. The van der Waals surface area contributed by atoms with Crippen LogP contribution in [-0.2, 0) is 11.4 Å². The lowest BCUT2D eigenvalue weighted by Gasteiger charge is -2.14. The third-order valence-corrected chi connectivity index (χ3v) is 4.37. The van der Waals surface area contributed by atoms with E-state index >= 15 is 0 Å². The summed E-state index contributed by atoms with van der Waals surface area (Å²) in [6, 6.07) is 8.27. The van der Waals surface area contributed by atoms with Crippen molar-refractivity contribution in [3.63, 3.8) is 0 Å². The molecule has 0 bridgehead atoms. The van der Waals surface area contributed by atoms with Crippen molar-refractivity contribution in [3.8, 4) is 28.7 Å². The Balaban J connectivity index is 1.81. The van der Waals surface area contributed by atoms with E-state index in [1.807, 2.05) is 0 Å². The number of nitrogens with zero attached hydrogens (tertiary/aromatic N) is 2. The van der Waals surface area contributed by atoms with Crippen molar-refractivity contribution < 1.29 is 23.4 Å². The Kier molecular flexibility index (Phi) is 7.20. The SMILES string of the molecule is COc1cc(/C=C/C(=O)Cl)cc(OC)c1OCc1nnc(-c2cc(Cl)cc(Cl)c2)o1. The molecule has 0 saturated heterocycles. The highest BCUT2D eigenvalue weighted by Gasteiger charge is 2.16. The molecule has 1 aromatic heterocycles. The number of rotatable bonds is 8. The van der Waals surface area contributed by atoms with Crippen LogP contribution in [0.3, 0.4) is 0 Å². The summed E-state index contributed by atoms with van der Waals surface area (Å²) in [6.45, 7) is -0.0383. The maximum absolute atomic E-state index is 10.9. The molecule has 10 heteroatoms. The third kappa shape index (κ3) is 5.44. The lowest BCUT2D eigenvalue weighted by Crippen LogP contribution is -2.01. The first kappa shape index (κ1) is 22.0. The Bertz CT molecular complexity index is 1050. The number of hydrogen-bond donors (Lipinski definition) is 0. The number of hydrogen-bond acceptors (Lipinski definition) is 7. The zero-order chi connectivity index (χ0) is 21.7. The zero-order valence-electron chi connectivity index (χ0n) is 15.8. The topological polar surface area (TPSA) is 83.7 Å². The van der Waals surface area contributed by atoms with Crippen molar-refractivity contribution in [2.24, 2.45) is 0 Å². The first-order valence-corrected chi connectivity index (χ1v) is 9.58. The van der Waals surface area contributed by atoms with Crippen LogP contribution < -0.4 is 14.2 Å². The minimum Gasteiger partial charge on any atom is -0.493 e. The van der Waals surface area contributed by atoms with Crippen LogP contribution in [0.1, 0.15) is 11.5 Å². The van der Waals surface area contributed by atoms with E-state index in [-0.39, 0.29) is 18.4 Å². The Labute approximate surface area is 187 Å². The van der Waals surface area contributed by atoms with Crippen LogP contribution in [0.15, 0.2) is 40.8 Å². The first-order chi connectivity index (χ1) is 14.4. The summed E-state index contributed by atoms with van der Waals surface area (Å²) in [5, 5.41) is 8.27. The Morgan fingerprint density at radius 2 is 1.67 bits per heavy atom. The van der Waals surface area contributed by atoms with Crippen LogP contribution in [0, 0.1) is 0 Å². The Morgan fingerprint density at radius 1 is 1.03 bits per heavy atom. The van der Waals surface area contributed by atoms with Gasteiger partial charge in [0.1, 0.15) is 0 Å². The highest BCUT2D eigenvalue weighted by molar-refractivity contribution is 6.66. The molecule has 1 heterocycles. The number of carbonyl (C=O) groups is 1. The lowest BCUT2D eigenvalue weighted by molar-refractivity contribution is -0.107. The fourth-order valence-electron chi connectivity index (χ4n) is 2.54. The summed E-state index contributed by atoms with van der Waals surface area (Å²) >= 11 is 17.4. The predicted molar refractivity (Wildman–Crippen MR) is 114 cm³/mol. The minimum atomic E-state index is -0.596. The van der Waals surface area contributed by atoms with E-state index in [4.69, 9.17) is 53.4 Å². The highest BCUT2D eigenvalue weighted by Crippen LogP contribution is 2.39. The molecule has 3 rings (SSSR count). The molecule has 3 aromatic rings. The van der Waals surface area contributed by atoms with Crippen LogP contribution in [0.5, 0.6) is 17.2 Å². The van der Waals surface area contributed by atoms with E-state index in [2.05, 4.69) is 10.2 Å². The van der Waals surface area contributed by atoms with Gasteiger partial charge in [-0.2, -0.15) is 0 Å². The number of methoxy groups -OCH3 is 2. The fraction of sp³-hybridized carbons (Fsp3) is 0.150. The van der Waals surface area contributed by atoms with E-state index in [0.717, 1.165) is 0 Å². The lowest BCUT2D eigenvalue weighted by atomic mass is 10.1. The molecule has 0 aliphatic carbocycles. The van der Waals surface area contributed by atoms with E-state index < -0.39 is 5.24 Å². The van der Waals surface area contributed by atoms with Gasteiger partial charge in [0.15, 0.2) is 18.1 Å². The van der Waals surface area contributed by atoms with Crippen molar-refractivity contribution in [2.45, 2.75) is 6.61 Å². The van der Waals surface area contributed by atoms with Gasteiger partial charge in [-0.3, -0.25) is 4.79 Å². The van der Waals surface area contributed by atoms with Crippen LogP contribution in [0.25, 0.3) is 17.5 Å². The Hall–Kier alpha value is -2.74. The summed E-state index contributed by atoms with van der Waals surface area (Å²) in [7, 11) is 2.96. The molecule has 0 saturated carbocycles. The van der Waals surface area contributed by atoms with Gasteiger partial charge in [-0.15, -0.1) is 10.2 Å². The van der Waals surface area contributed by atoms with E-state index in [1.54, 1.807) is 30.3 Å². The molecule has 0 spiro atoms. The van der Waals surface area contributed by atoms with Gasteiger partial charge in [0.25, 0.3) is 5.89 Å². The summed E-state index contributed by atoms with van der Waals surface area (Å²) in [5.41, 5.74) is 1.23. The second kappa shape index (κ2) is 9.84. The number of allylic oxidation sites excluding steroid dienone is 1. The van der Waals surface area contributed by atoms with Crippen LogP contribution >= 0.6 is 34.8 Å². The van der Waals surface area contributed by atoms with E-state index in [9.17, 15) is 4.79 Å². The molecule has 0 aliphatic heterocycles. The standard InChI is InChI=1S/C20H15Cl3N2O5/c1-27-15-5-11(3-4-17(23)26)6-16(28-2)19(15)29-10-18-24-25-20(30-18)12-7-13(21)9-14(22)8-12/h3-9H,10H2,1-2H3/b4-3+. The second-order valence-corrected chi connectivity index (χ2v) is 7.09. The maximum atomic E-state index is 10.9. The summed E-state index contributed by atoms with van der Waals surface area (Å²) in [6.07, 6.45) is 2.75. The first-order valence-electron chi connectivity index (χ1n) is 8.45. The monoisotopic (exact) mass is 468 g/mol. The number of benzene rings is 2. The number of ether oxygens (including phenoxy) is 3. The number of carbonyl (C=O) groups excluding carboxylic acids is 1. The summed E-state index contributed by atoms with van der Waals surface area (Å²) in [5.74, 6) is 1.58. The van der Waals surface area contributed by atoms with Crippen molar-refractivity contribution >= 4 is 46.1 Å². The molecule has 0 N–H and O–H groups in total. The summed E-state index contributed by atoms with van der Waals surface area (Å²) < 4.78 is 22.2. The molecular formula is C20H15Cl3N2O5. The van der Waals surface area contributed by atoms with Crippen molar-refractivity contribution in [3.05, 3.63) is 57.9 Å². The molecule has 156 valence electrons. The molecule has 2 aromatic carbocycles. The van der Waals surface area contributed by atoms with Crippen molar-refractivity contribution in [1.29, 1.82) is 0 Å². The Morgan fingerprint density at radius 3 is 2.23 bits per heavy atom. The fourth-order valence-corrected chi connectivity index (χ4v) is 3.13. The van der Waals surface area contributed by atoms with Gasteiger partial charge >= 0.3 is 0 Å². The quantitative estimate of drug-likeness (QED) is 0.322. The molecule has 0 radical (unpaired) electrons. The van der Waals surface area contributed by atoms with Gasteiger partial charge < -0.3 is 18.6 Å². The largest absolute Gasteiger partial charge is 0.493 e. The minimum absolute atomic E-state index is 0.0383. The molecular weight excluding hydrogens is 455 g/mol. The van der Waals surface area contributed by atoms with Gasteiger partial charge in [-0.25, -0.2) is 0 Å². The van der Waals surface area contributed by atoms with E-state index in [1.165, 1.54) is 26.4 Å². The molecule has 0 amide bonds. The third-order valence-electron chi connectivity index (χ3n) is 3.81. The van der Waals surface area contributed by atoms with Crippen LogP contribution in [0.2, 0.25) is 10.0 Å². The number of aromatic nitrogens is 2. The number of halogens is 3. The average Bonchev–Trinajstić information content (AvgIpc) is 3.18. The van der Waals surface area contributed by atoms with Crippen molar-refractivity contribution in [1.82, 2.24) is 10.2 Å². The maximum Gasteiger partial charge on any atom is 0.254 e. The second-order valence-electron chi connectivity index (χ2n) is 5.84. The van der Waals surface area contributed by atoms with Crippen LogP contribution in [-0.4, -0.2) is 29.7 Å². The van der Waals surface area contributed by atoms with Crippen LogP contribution in [0.4, 0.5) is 0 Å². The normalized spacial score (nSPS) is 11.0. The van der Waals surface area contributed by atoms with E-state index in [0.29, 0.717) is 38.4 Å².